The van der Waals surface area contributed by atoms with E-state index in [9.17, 15) is 14.4 Å². The van der Waals surface area contributed by atoms with Crippen molar-refractivity contribution in [2.75, 3.05) is 5.75 Å². The minimum Gasteiger partial charge on any atom is -0.469 e. The summed E-state index contributed by atoms with van der Waals surface area (Å²) in [5.74, 6) is 0.360. The van der Waals surface area contributed by atoms with Gasteiger partial charge in [0, 0.05) is 6.54 Å². The Balaban J connectivity index is 1.36. The summed E-state index contributed by atoms with van der Waals surface area (Å²) in [5.41, 5.74) is 3.23. The molecule has 11 heteroatoms. The molecule has 0 saturated carbocycles. The molecule has 4 rings (SSSR count). The van der Waals surface area contributed by atoms with E-state index in [4.69, 9.17) is 4.42 Å². The Morgan fingerprint density at radius 1 is 1.21 bits per heavy atom. The number of aryl methyl sites for hydroxylation is 2. The lowest BCUT2D eigenvalue weighted by Crippen LogP contribution is -2.49. The Labute approximate surface area is 201 Å². The van der Waals surface area contributed by atoms with Gasteiger partial charge in [0.1, 0.15) is 11.3 Å². The lowest BCUT2D eigenvalue weighted by molar-refractivity contribution is -0.138. The SMILES string of the molecule is CCn1c(SCC(=O)NN2C(=O)N[C@@](C)(CCc3ccccc3)C2=O)nnc1-c1ccoc1C. The third-order valence-corrected chi connectivity index (χ3v) is 6.69. The van der Waals surface area contributed by atoms with Crippen molar-refractivity contribution < 1.29 is 18.8 Å². The number of imide groups is 1. The number of aromatic nitrogens is 3. The first kappa shape index (κ1) is 23.6. The van der Waals surface area contributed by atoms with Gasteiger partial charge in [-0.25, -0.2) is 4.79 Å². The average molecular weight is 483 g/mol. The van der Waals surface area contributed by atoms with Crippen molar-refractivity contribution in [2.45, 2.75) is 50.9 Å². The van der Waals surface area contributed by atoms with Gasteiger partial charge in [-0.3, -0.25) is 15.0 Å². The molecule has 0 bridgehead atoms. The minimum absolute atomic E-state index is 0.0414. The zero-order valence-corrected chi connectivity index (χ0v) is 20.0. The third-order valence-electron chi connectivity index (χ3n) is 5.72. The summed E-state index contributed by atoms with van der Waals surface area (Å²) >= 11 is 1.17. The number of amides is 4. The van der Waals surface area contributed by atoms with Crippen molar-refractivity contribution in [1.82, 2.24) is 30.5 Å². The molecular weight excluding hydrogens is 456 g/mol. The van der Waals surface area contributed by atoms with Crippen molar-refractivity contribution in [1.29, 1.82) is 0 Å². The highest BCUT2D eigenvalue weighted by Crippen LogP contribution is 2.27. The summed E-state index contributed by atoms with van der Waals surface area (Å²) in [6, 6.07) is 10.9. The number of carbonyl (C=O) groups excluding carboxylic acids is 3. The molecule has 1 atom stereocenters. The van der Waals surface area contributed by atoms with Crippen LogP contribution in [0.4, 0.5) is 4.79 Å². The van der Waals surface area contributed by atoms with Gasteiger partial charge in [0.2, 0.25) is 5.91 Å². The van der Waals surface area contributed by atoms with E-state index in [2.05, 4.69) is 20.9 Å². The number of hydrazine groups is 1. The van der Waals surface area contributed by atoms with E-state index in [0.29, 0.717) is 30.4 Å². The van der Waals surface area contributed by atoms with Gasteiger partial charge >= 0.3 is 6.03 Å². The molecule has 1 saturated heterocycles. The highest BCUT2D eigenvalue weighted by atomic mass is 32.2. The van der Waals surface area contributed by atoms with Crippen molar-refractivity contribution in [3.05, 3.63) is 54.0 Å². The second-order valence-electron chi connectivity index (χ2n) is 8.15. The highest BCUT2D eigenvalue weighted by molar-refractivity contribution is 7.99. The number of hydrogen-bond donors (Lipinski definition) is 2. The smallest absolute Gasteiger partial charge is 0.344 e. The number of urea groups is 1. The molecule has 2 N–H and O–H groups in total. The summed E-state index contributed by atoms with van der Waals surface area (Å²) in [6.45, 7) is 6.07. The van der Waals surface area contributed by atoms with E-state index >= 15 is 0 Å². The lowest BCUT2D eigenvalue weighted by atomic mass is 9.93. The predicted molar refractivity (Wildman–Crippen MR) is 126 cm³/mol. The molecule has 0 unspecified atom stereocenters. The first-order valence-corrected chi connectivity index (χ1v) is 11.9. The van der Waals surface area contributed by atoms with E-state index in [0.717, 1.165) is 21.9 Å². The standard InChI is InChI=1S/C23H26N6O4S/c1-4-28-19(17-11-13-33-15(17)2)25-26-22(28)34-14-18(30)27-29-20(31)23(3,24-21(29)32)12-10-16-8-6-5-7-9-16/h5-9,11,13H,4,10,12,14H2,1-3H3,(H,24,32)(H,27,30)/t23-/m0/s1. The van der Waals surface area contributed by atoms with Crippen LogP contribution in [-0.4, -0.2) is 48.9 Å². The van der Waals surface area contributed by atoms with Crippen molar-refractivity contribution >= 4 is 29.6 Å². The molecule has 4 amide bonds. The molecule has 178 valence electrons. The van der Waals surface area contributed by atoms with Crippen molar-refractivity contribution in [3.63, 3.8) is 0 Å². The normalized spacial score (nSPS) is 17.8. The molecule has 2 aromatic heterocycles. The zero-order chi connectivity index (χ0) is 24.3. The van der Waals surface area contributed by atoms with Crippen LogP contribution in [0.2, 0.25) is 0 Å². The molecule has 10 nitrogen and oxygen atoms in total. The molecule has 3 heterocycles. The Hall–Kier alpha value is -3.60. The number of nitrogens with one attached hydrogen (secondary N) is 2. The number of thioether (sulfide) groups is 1. The Morgan fingerprint density at radius 2 is 1.97 bits per heavy atom. The number of hydrogen-bond acceptors (Lipinski definition) is 7. The number of carbonyl (C=O) groups is 3. The fourth-order valence-corrected chi connectivity index (χ4v) is 4.57. The zero-order valence-electron chi connectivity index (χ0n) is 19.2. The van der Waals surface area contributed by atoms with Crippen LogP contribution in [0.5, 0.6) is 0 Å². The highest BCUT2D eigenvalue weighted by Gasteiger charge is 2.48. The number of rotatable bonds is 9. The minimum atomic E-state index is -1.09. The Bertz CT molecular complexity index is 1210. The van der Waals surface area contributed by atoms with Crippen molar-refractivity contribution in [2.24, 2.45) is 0 Å². The van der Waals surface area contributed by atoms with Gasteiger partial charge < -0.3 is 14.3 Å². The van der Waals surface area contributed by atoms with Gasteiger partial charge in [-0.1, -0.05) is 42.1 Å². The van der Waals surface area contributed by atoms with Gasteiger partial charge in [0.15, 0.2) is 11.0 Å². The largest absolute Gasteiger partial charge is 0.469 e. The number of benzene rings is 1. The number of furan rings is 1. The predicted octanol–water partition coefficient (Wildman–Crippen LogP) is 2.93. The number of nitrogens with zero attached hydrogens (tertiary/aromatic N) is 4. The summed E-state index contributed by atoms with van der Waals surface area (Å²) in [4.78, 5) is 37.9. The summed E-state index contributed by atoms with van der Waals surface area (Å²) in [7, 11) is 0. The molecule has 1 aromatic carbocycles. The van der Waals surface area contributed by atoms with Gasteiger partial charge in [-0.05, 0) is 45.2 Å². The van der Waals surface area contributed by atoms with Gasteiger partial charge in [-0.2, -0.15) is 5.01 Å². The molecule has 34 heavy (non-hydrogen) atoms. The monoisotopic (exact) mass is 482 g/mol. The molecule has 1 aliphatic rings. The summed E-state index contributed by atoms with van der Waals surface area (Å²) in [5, 5.41) is 12.4. The van der Waals surface area contributed by atoms with Crippen LogP contribution in [0.15, 0.2) is 52.2 Å². The second-order valence-corrected chi connectivity index (χ2v) is 9.10. The van der Waals surface area contributed by atoms with Crippen LogP contribution < -0.4 is 10.7 Å². The first-order chi connectivity index (χ1) is 16.3. The van der Waals surface area contributed by atoms with Gasteiger partial charge in [0.25, 0.3) is 5.91 Å². The van der Waals surface area contributed by atoms with Crippen LogP contribution in [0, 0.1) is 6.92 Å². The molecule has 3 aromatic rings. The molecule has 0 radical (unpaired) electrons. The average Bonchev–Trinajstić information content (AvgIpc) is 3.49. The van der Waals surface area contributed by atoms with E-state index in [-0.39, 0.29) is 5.75 Å². The van der Waals surface area contributed by atoms with E-state index in [1.807, 2.05) is 54.8 Å². The van der Waals surface area contributed by atoms with Gasteiger partial charge in [0.05, 0.1) is 17.6 Å². The lowest BCUT2D eigenvalue weighted by Gasteiger charge is -2.21. The first-order valence-electron chi connectivity index (χ1n) is 10.9. The maximum atomic E-state index is 12.9. The van der Waals surface area contributed by atoms with Crippen LogP contribution in [0.25, 0.3) is 11.4 Å². The van der Waals surface area contributed by atoms with Crippen LogP contribution in [0.1, 0.15) is 31.6 Å². The second kappa shape index (κ2) is 9.72. The molecule has 1 aliphatic heterocycles. The quantitative estimate of drug-likeness (QED) is 0.355. The molecule has 0 spiro atoms. The van der Waals surface area contributed by atoms with Gasteiger partial charge in [-0.15, -0.1) is 10.2 Å². The van der Waals surface area contributed by atoms with E-state index < -0.39 is 23.4 Å². The van der Waals surface area contributed by atoms with E-state index in [1.165, 1.54) is 11.8 Å². The third kappa shape index (κ3) is 4.69. The fourth-order valence-electron chi connectivity index (χ4n) is 3.78. The van der Waals surface area contributed by atoms with E-state index in [1.54, 1.807) is 13.2 Å². The van der Waals surface area contributed by atoms with Crippen LogP contribution >= 0.6 is 11.8 Å². The molecular formula is C23H26N6O4S. The molecule has 0 aliphatic carbocycles. The maximum absolute atomic E-state index is 12.9. The topological polar surface area (TPSA) is 122 Å². The summed E-state index contributed by atoms with van der Waals surface area (Å²) < 4.78 is 7.23. The van der Waals surface area contributed by atoms with Crippen molar-refractivity contribution in [3.8, 4) is 11.4 Å². The Kier molecular flexibility index (Phi) is 6.73. The van der Waals surface area contributed by atoms with Crippen LogP contribution in [0.3, 0.4) is 0 Å². The fraction of sp³-hybridized carbons (Fsp3) is 0.348. The van der Waals surface area contributed by atoms with Crippen LogP contribution in [-0.2, 0) is 22.6 Å². The maximum Gasteiger partial charge on any atom is 0.344 e. The summed E-state index contributed by atoms with van der Waals surface area (Å²) in [6.07, 6.45) is 2.62. The Morgan fingerprint density at radius 3 is 2.65 bits per heavy atom. The molecule has 1 fully saturated rings.